The van der Waals surface area contributed by atoms with Crippen LogP contribution in [0.4, 0.5) is 0 Å². The van der Waals surface area contributed by atoms with Crippen molar-refractivity contribution in [3.05, 3.63) is 0 Å². The zero-order valence-electron chi connectivity index (χ0n) is 4.84. The first-order valence-electron chi connectivity index (χ1n) is 0. The average molecular weight is 263 g/mol. The van der Waals surface area contributed by atoms with E-state index in [0.717, 1.165) is 0 Å². The van der Waals surface area contributed by atoms with Gasteiger partial charge in [-0.1, -0.05) is 0 Å². The van der Waals surface area contributed by atoms with Crippen molar-refractivity contribution in [2.45, 2.75) is 0 Å². The van der Waals surface area contributed by atoms with Gasteiger partial charge < -0.3 is 2.85 Å². The van der Waals surface area contributed by atoms with E-state index in [1.54, 1.807) is 0 Å². The van der Waals surface area contributed by atoms with Crippen LogP contribution in [0.5, 0.6) is 0 Å². The Morgan fingerprint density at radius 3 is 0.667 bits per heavy atom. The third kappa shape index (κ3) is 29.1. The Kier molecular flexibility index (Phi) is 521. The summed E-state index contributed by atoms with van der Waals surface area (Å²) in [5, 5.41) is 0. The van der Waals surface area contributed by atoms with Crippen molar-refractivity contribution >= 4 is 72.7 Å². The van der Waals surface area contributed by atoms with Crippen molar-refractivity contribution < 1.29 is 29.1 Å². The van der Waals surface area contributed by atoms with Gasteiger partial charge in [-0.2, -0.15) is 0 Å². The van der Waals surface area contributed by atoms with Crippen molar-refractivity contribution in [1.82, 2.24) is 0 Å². The van der Waals surface area contributed by atoms with E-state index in [4.69, 9.17) is 0 Å². The van der Waals surface area contributed by atoms with E-state index < -0.39 is 0 Å². The Bertz CT molecular complexity index is 14.0. The molecule has 0 aromatic rings. The fourth-order valence-corrected chi connectivity index (χ4v) is 0. The zero-order valence-corrected chi connectivity index (χ0v) is 9.98. The number of hydrogen-bond acceptors (Lipinski definition) is 0. The fraction of sp³-hybridized carbons (Fsp3) is 0. The summed E-state index contributed by atoms with van der Waals surface area (Å²) in [4.78, 5) is 0. The topological polar surface area (TPSA) is 0 Å². The summed E-state index contributed by atoms with van der Waals surface area (Å²) in [5.74, 6) is 0. The third-order valence-electron chi connectivity index (χ3n) is 0. The van der Waals surface area contributed by atoms with Crippen LogP contribution >= 0.6 is 49.6 Å². The molecule has 6 heavy (non-hydrogen) atoms. The molecule has 0 rings (SSSR count). The van der Waals surface area contributed by atoms with E-state index in [1.165, 1.54) is 0 Å². The van der Waals surface area contributed by atoms with Gasteiger partial charge in [0.2, 0.25) is 0 Å². The van der Waals surface area contributed by atoms with Crippen LogP contribution in [0.15, 0.2) is 0 Å². The van der Waals surface area contributed by atoms with Gasteiger partial charge in [0.1, 0.15) is 0 Å². The molecule has 6 heteroatoms. The van der Waals surface area contributed by atoms with Gasteiger partial charge in [0.25, 0.3) is 0 Å². The van der Waals surface area contributed by atoms with Gasteiger partial charge in [-0.3, -0.25) is 0 Å². The smallest absolute Gasteiger partial charge is 1.00 e. The summed E-state index contributed by atoms with van der Waals surface area (Å²) in [6.45, 7) is 0. The van der Waals surface area contributed by atoms with Crippen LogP contribution in [0.25, 0.3) is 0 Å². The molecule has 0 saturated heterocycles. The van der Waals surface area contributed by atoms with Gasteiger partial charge in [0.05, 0.1) is 0 Å². The Labute approximate surface area is 100 Å². The van der Waals surface area contributed by atoms with E-state index in [1.807, 2.05) is 0 Å². The molecule has 0 bridgehead atoms. The molecule has 0 saturated carbocycles. The van der Waals surface area contributed by atoms with Crippen LogP contribution in [0.2, 0.25) is 0 Å². The maximum absolute atomic E-state index is 0. The van der Waals surface area contributed by atoms with E-state index in [0.29, 0.717) is 0 Å². The molecular weight excluding hydrogens is 257 g/mol. The molecule has 0 radical (unpaired) electrons. The molecule has 0 aliphatic rings. The van der Waals surface area contributed by atoms with E-state index in [2.05, 4.69) is 0 Å². The first-order valence-corrected chi connectivity index (χ1v) is 0. The van der Waals surface area contributed by atoms with Crippen molar-refractivity contribution in [1.29, 1.82) is 0 Å². The molecule has 0 aliphatic heterocycles. The van der Waals surface area contributed by atoms with E-state index >= 15 is 0 Å². The largest absolute Gasteiger partial charge is 2.00 e. The molecule has 0 aromatic carbocycles. The molecule has 0 nitrogen and oxygen atoms in total. The molecule has 0 aliphatic carbocycles. The molecule has 0 amide bonds. The molecule has 0 fully saturated rings. The normalized spacial score (nSPS) is 0. The molecule has 0 aromatic heterocycles. The molecule has 0 heterocycles. The van der Waals surface area contributed by atoms with Gasteiger partial charge in [0, 0.05) is 26.2 Å². The SMILES string of the molecule is Cl.Cl.Cl.Cl.[H-].[H-].[Mg+2].[Zr]. The van der Waals surface area contributed by atoms with Crippen LogP contribution in [-0.2, 0) is 26.2 Å². The van der Waals surface area contributed by atoms with Crippen molar-refractivity contribution in [3.8, 4) is 0 Å². The predicted molar refractivity (Wildman–Crippen MR) is 37.0 cm³/mol. The molecular formula is H6Cl4MgZr. The van der Waals surface area contributed by atoms with Gasteiger partial charge in [-0.05, 0) is 0 Å². The second-order valence-corrected chi connectivity index (χ2v) is 0. The minimum absolute atomic E-state index is 0. The minimum Gasteiger partial charge on any atom is -1.00 e. The molecule has 0 unspecified atom stereocenters. The Morgan fingerprint density at radius 1 is 0.667 bits per heavy atom. The summed E-state index contributed by atoms with van der Waals surface area (Å²) in [5.41, 5.74) is 0. The first-order chi connectivity index (χ1) is 0. The summed E-state index contributed by atoms with van der Waals surface area (Å²) < 4.78 is 0. The maximum atomic E-state index is 0. The standard InChI is InChI=1S/4ClH.Mg.Zr.2H/h4*1H;;;;/q;;;;+2;;2*-1. The van der Waals surface area contributed by atoms with Crippen molar-refractivity contribution in [2.75, 3.05) is 0 Å². The Balaban J connectivity index is 0. The second kappa shape index (κ2) is 45.9. The Morgan fingerprint density at radius 2 is 0.667 bits per heavy atom. The molecule has 0 N–H and O–H groups in total. The predicted octanol–water partition coefficient (Wildman–Crippen LogP) is 1.53. The summed E-state index contributed by atoms with van der Waals surface area (Å²) in [6, 6.07) is 0. The van der Waals surface area contributed by atoms with Crippen LogP contribution in [-0.4, -0.2) is 23.1 Å². The fourth-order valence-electron chi connectivity index (χ4n) is 0. The minimum atomic E-state index is 0. The quantitative estimate of drug-likeness (QED) is 0.582. The number of halogens is 4. The third-order valence-corrected chi connectivity index (χ3v) is 0. The molecule has 0 spiro atoms. The van der Waals surface area contributed by atoms with Crippen molar-refractivity contribution in [3.63, 3.8) is 0 Å². The number of rotatable bonds is 0. The van der Waals surface area contributed by atoms with Gasteiger partial charge in [-0.15, -0.1) is 49.6 Å². The monoisotopic (exact) mass is 260 g/mol. The number of hydrogen-bond donors (Lipinski definition) is 0. The van der Waals surface area contributed by atoms with Gasteiger partial charge in [0.15, 0.2) is 0 Å². The summed E-state index contributed by atoms with van der Waals surface area (Å²) in [7, 11) is 0. The van der Waals surface area contributed by atoms with Gasteiger partial charge in [-0.25, -0.2) is 0 Å². The van der Waals surface area contributed by atoms with Crippen LogP contribution in [0.3, 0.4) is 0 Å². The average Bonchev–Trinajstić information content (AvgIpc) is 0. The Hall–Kier alpha value is 2.81. The molecule has 0 atom stereocenters. The first kappa shape index (κ1) is 68.1. The zero-order chi connectivity index (χ0) is 0. The van der Waals surface area contributed by atoms with Crippen LogP contribution in [0, 0.1) is 0 Å². The maximum Gasteiger partial charge on any atom is 2.00 e. The van der Waals surface area contributed by atoms with E-state index in [-0.39, 0.29) is 102 Å². The van der Waals surface area contributed by atoms with Crippen LogP contribution in [0.1, 0.15) is 2.85 Å². The summed E-state index contributed by atoms with van der Waals surface area (Å²) >= 11 is 0. The molecule has 40 valence electrons. The summed E-state index contributed by atoms with van der Waals surface area (Å²) in [6.07, 6.45) is 0. The second-order valence-electron chi connectivity index (χ2n) is 0. The van der Waals surface area contributed by atoms with E-state index in [9.17, 15) is 0 Å². The van der Waals surface area contributed by atoms with Crippen LogP contribution < -0.4 is 0 Å². The van der Waals surface area contributed by atoms with Gasteiger partial charge >= 0.3 is 23.1 Å². The van der Waals surface area contributed by atoms with Crippen molar-refractivity contribution in [2.24, 2.45) is 0 Å².